The smallest absolute Gasteiger partial charge is 0.462 e. The van der Waals surface area contributed by atoms with E-state index in [-0.39, 0.29) is 51.8 Å². The van der Waals surface area contributed by atoms with Gasteiger partial charge in [-0.3, -0.25) is 9.69 Å². The van der Waals surface area contributed by atoms with Crippen molar-refractivity contribution in [2.45, 2.75) is 94.8 Å². The highest BCUT2D eigenvalue weighted by Crippen LogP contribution is 2.49. The van der Waals surface area contributed by atoms with E-state index in [0.29, 0.717) is 30.4 Å². The second-order valence-electron chi connectivity index (χ2n) is 15.3. The third-order valence-corrected chi connectivity index (χ3v) is 9.90. The summed E-state index contributed by atoms with van der Waals surface area (Å²) in [6, 6.07) is 5.74. The zero-order valence-electron chi connectivity index (χ0n) is 32.7. The average molecular weight is 893 g/mol. The van der Waals surface area contributed by atoms with Crippen molar-refractivity contribution in [1.82, 2.24) is 24.5 Å². The molecule has 1 aromatic carbocycles. The van der Waals surface area contributed by atoms with Crippen molar-refractivity contribution in [3.05, 3.63) is 64.6 Å². The number of halogens is 9. The summed E-state index contributed by atoms with van der Waals surface area (Å²) in [5.74, 6) is -9.62. The Hall–Kier alpha value is -5.72. The van der Waals surface area contributed by atoms with E-state index in [0.717, 1.165) is 36.5 Å². The molecule has 61 heavy (non-hydrogen) atoms. The fourth-order valence-corrected chi connectivity index (χ4v) is 6.55. The molecule has 2 fully saturated rings. The monoisotopic (exact) mass is 892 g/mol. The van der Waals surface area contributed by atoms with Crippen LogP contribution in [0.1, 0.15) is 80.9 Å². The Morgan fingerprint density at radius 2 is 1.61 bits per heavy atom. The van der Waals surface area contributed by atoms with Gasteiger partial charge in [-0.15, -0.1) is 0 Å². The van der Waals surface area contributed by atoms with Crippen LogP contribution in [0.3, 0.4) is 0 Å². The Kier molecular flexibility index (Phi) is 13.2. The number of ether oxygens (including phenoxy) is 4. The molecule has 2 aliphatic carbocycles. The normalized spacial score (nSPS) is 18.0. The van der Waals surface area contributed by atoms with Gasteiger partial charge >= 0.3 is 36.4 Å². The summed E-state index contributed by atoms with van der Waals surface area (Å²) >= 11 is 6.37. The van der Waals surface area contributed by atoms with Crippen LogP contribution in [0.5, 0.6) is 0 Å². The van der Waals surface area contributed by atoms with Gasteiger partial charge < -0.3 is 18.9 Å². The lowest BCUT2D eigenvalue weighted by molar-refractivity contribution is -0.292. The molecular formula is C38H37ClF8N6O8. The van der Waals surface area contributed by atoms with E-state index < -0.39 is 83.3 Å². The molecule has 2 heterocycles. The lowest BCUT2D eigenvalue weighted by Gasteiger charge is -2.29. The molecule has 0 radical (unpaired) electrons. The Bertz CT molecular complexity index is 2230. The number of hydrogen-bond acceptors (Lipinski definition) is 11. The van der Waals surface area contributed by atoms with Crippen LogP contribution in [0.2, 0.25) is 5.02 Å². The van der Waals surface area contributed by atoms with Crippen molar-refractivity contribution >= 4 is 35.6 Å². The van der Waals surface area contributed by atoms with Crippen LogP contribution in [0.15, 0.2) is 42.7 Å². The van der Waals surface area contributed by atoms with E-state index >= 15 is 0 Å². The Morgan fingerprint density at radius 1 is 0.967 bits per heavy atom. The number of esters is 2. The third kappa shape index (κ3) is 10.8. The van der Waals surface area contributed by atoms with Gasteiger partial charge in [-0.05, 0) is 82.9 Å². The second-order valence-corrected chi connectivity index (χ2v) is 15.7. The maximum absolute atomic E-state index is 14.2. The SMILES string of the molecule is Cn1nc(C(F)(F)C(F)(F)F)c(C(F)(F)F)c1-n1cc(-c2ccc(Cl)c(C(=O)N(COC(=O)OC3CCC(COC(=O)/C=C/C(=O)OC(C)(C)C)CC3)C3(C#N)CC3)c2)cn1. The summed E-state index contributed by atoms with van der Waals surface area (Å²) in [6.07, 6.45) is -7.92. The predicted octanol–water partition coefficient (Wildman–Crippen LogP) is 8.21. The molecule has 2 aromatic heterocycles. The van der Waals surface area contributed by atoms with Crippen molar-refractivity contribution in [2.24, 2.45) is 13.0 Å². The summed E-state index contributed by atoms with van der Waals surface area (Å²) in [7, 11) is 0.723. The summed E-state index contributed by atoms with van der Waals surface area (Å²) < 4.78 is 132. The molecule has 0 saturated heterocycles. The molecule has 0 aliphatic heterocycles. The zero-order chi connectivity index (χ0) is 45.3. The maximum Gasteiger partial charge on any atom is 0.510 e. The molecule has 5 rings (SSSR count). The highest BCUT2D eigenvalue weighted by atomic mass is 35.5. The highest BCUT2D eigenvalue weighted by molar-refractivity contribution is 6.34. The number of nitriles is 1. The van der Waals surface area contributed by atoms with Crippen LogP contribution in [0.4, 0.5) is 39.9 Å². The predicted molar refractivity (Wildman–Crippen MR) is 194 cm³/mol. The number of amides is 1. The van der Waals surface area contributed by atoms with Gasteiger partial charge in [-0.25, -0.2) is 23.7 Å². The van der Waals surface area contributed by atoms with Gasteiger partial charge in [-0.2, -0.15) is 50.6 Å². The number of aromatic nitrogens is 4. The average Bonchev–Trinajstić information content (AvgIpc) is 3.63. The molecule has 0 N–H and O–H groups in total. The number of benzene rings is 1. The van der Waals surface area contributed by atoms with Gasteiger partial charge in [0.15, 0.2) is 18.2 Å². The summed E-state index contributed by atoms with van der Waals surface area (Å²) in [4.78, 5) is 51.5. The van der Waals surface area contributed by atoms with E-state index in [1.165, 1.54) is 18.2 Å². The van der Waals surface area contributed by atoms with Crippen LogP contribution < -0.4 is 0 Å². The van der Waals surface area contributed by atoms with Crippen LogP contribution in [-0.4, -0.2) is 85.2 Å². The largest absolute Gasteiger partial charge is 0.510 e. The van der Waals surface area contributed by atoms with Crippen molar-refractivity contribution in [3.8, 4) is 23.0 Å². The van der Waals surface area contributed by atoms with Crippen molar-refractivity contribution < 1.29 is 73.2 Å². The second kappa shape index (κ2) is 17.3. The van der Waals surface area contributed by atoms with Gasteiger partial charge in [0.05, 0.1) is 29.5 Å². The quantitative estimate of drug-likeness (QED) is 0.0565. The number of alkyl halides is 8. The van der Waals surface area contributed by atoms with E-state index in [9.17, 15) is 59.6 Å². The Labute approximate surface area is 346 Å². The lowest BCUT2D eigenvalue weighted by Crippen LogP contribution is -2.44. The number of hydrogen-bond donors (Lipinski definition) is 0. The zero-order valence-corrected chi connectivity index (χ0v) is 33.5. The van der Waals surface area contributed by atoms with E-state index in [4.69, 9.17) is 30.5 Å². The van der Waals surface area contributed by atoms with E-state index in [1.54, 1.807) is 20.8 Å². The summed E-state index contributed by atoms with van der Waals surface area (Å²) in [6.45, 7) is 4.34. The number of nitrogens with zero attached hydrogens (tertiary/aromatic N) is 6. The number of rotatable bonds is 12. The molecule has 0 unspecified atom stereocenters. The summed E-state index contributed by atoms with van der Waals surface area (Å²) in [5.41, 5.74) is -7.31. The fraction of sp³-hybridized carbons (Fsp3) is 0.500. The first-order valence-corrected chi connectivity index (χ1v) is 18.7. The maximum atomic E-state index is 14.2. The van der Waals surface area contributed by atoms with Crippen molar-refractivity contribution in [3.63, 3.8) is 0 Å². The molecular weight excluding hydrogens is 856 g/mol. The molecule has 0 spiro atoms. The Balaban J connectivity index is 1.24. The van der Waals surface area contributed by atoms with Crippen molar-refractivity contribution in [1.29, 1.82) is 5.26 Å². The molecule has 330 valence electrons. The highest BCUT2D eigenvalue weighted by Gasteiger charge is 2.64. The standard InChI is InChI=1S/C38H37ClF8N6O8/c1-34(2,3)61-28(55)12-11-27(54)58-18-21-5-8-24(9-6-21)60-33(57)59-20-52(35(19-48)13-14-35)32(56)25-15-22(7-10-26(25)39)23-16-49-53(17-23)31-29(37(42,43)44)30(50-51(31)4)36(40,41)38(45,46)47/h7,10-12,15-17,21,24H,5-6,8-9,13-14,18,20H2,1-4H3/b12-11+. The van der Waals surface area contributed by atoms with Gasteiger partial charge in [0, 0.05) is 31.0 Å². The number of carbonyl (C=O) groups is 4. The van der Waals surface area contributed by atoms with Gasteiger partial charge in [0.2, 0.25) is 0 Å². The van der Waals surface area contributed by atoms with E-state index in [1.807, 2.05) is 6.07 Å². The minimum Gasteiger partial charge on any atom is -0.462 e. The van der Waals surface area contributed by atoms with Gasteiger partial charge in [0.25, 0.3) is 5.91 Å². The first-order chi connectivity index (χ1) is 28.3. The minimum absolute atomic E-state index is 0.0418. The topological polar surface area (TPSA) is 168 Å². The van der Waals surface area contributed by atoms with Crippen LogP contribution in [0, 0.1) is 17.2 Å². The molecule has 1 amide bonds. The van der Waals surface area contributed by atoms with Crippen molar-refractivity contribution in [2.75, 3.05) is 13.3 Å². The van der Waals surface area contributed by atoms with Crippen LogP contribution >= 0.6 is 11.6 Å². The van der Waals surface area contributed by atoms with E-state index in [2.05, 4.69) is 10.2 Å². The van der Waals surface area contributed by atoms with Gasteiger partial charge in [-0.1, -0.05) is 17.7 Å². The van der Waals surface area contributed by atoms with Gasteiger partial charge in [0.1, 0.15) is 22.8 Å². The Morgan fingerprint density at radius 3 is 2.18 bits per heavy atom. The molecule has 3 aromatic rings. The lowest BCUT2D eigenvalue weighted by atomic mass is 9.88. The number of carbonyl (C=O) groups excluding carboxylic acids is 4. The molecule has 14 nitrogen and oxygen atoms in total. The third-order valence-electron chi connectivity index (χ3n) is 9.57. The van der Waals surface area contributed by atoms with Crippen LogP contribution in [0.25, 0.3) is 16.9 Å². The minimum atomic E-state index is -6.41. The summed E-state index contributed by atoms with van der Waals surface area (Å²) in [5, 5.41) is 16.4. The molecule has 23 heteroatoms. The molecule has 0 atom stereocenters. The molecule has 2 saturated carbocycles. The number of aryl methyl sites for hydroxylation is 1. The first-order valence-electron chi connectivity index (χ1n) is 18.3. The fourth-order valence-electron chi connectivity index (χ4n) is 6.36. The first kappa shape index (κ1) is 46.3. The molecule has 2 aliphatic rings. The van der Waals surface area contributed by atoms with Crippen LogP contribution in [-0.2, 0) is 47.7 Å². The molecule has 0 bridgehead atoms.